The maximum absolute atomic E-state index is 11.6. The monoisotopic (exact) mass is 246 g/mol. The van der Waals surface area contributed by atoms with Gasteiger partial charge in [-0.2, -0.15) is 0 Å². The summed E-state index contributed by atoms with van der Waals surface area (Å²) in [4.78, 5) is 3.88. The second-order valence-electron chi connectivity index (χ2n) is 3.52. The highest BCUT2D eigenvalue weighted by molar-refractivity contribution is 7.84. The maximum atomic E-state index is 11.6. The van der Waals surface area contributed by atoms with Gasteiger partial charge in [-0.15, -0.1) is 0 Å². The van der Waals surface area contributed by atoms with Gasteiger partial charge in [0, 0.05) is 35.0 Å². The first-order valence-electron chi connectivity index (χ1n) is 4.78. The molecule has 0 amide bonds. The number of rotatable bonds is 5. The third-order valence-corrected chi connectivity index (χ3v) is 3.64. The van der Waals surface area contributed by atoms with E-state index in [9.17, 15) is 4.21 Å². The Morgan fingerprint density at radius 1 is 1.67 bits per heavy atom. The summed E-state index contributed by atoms with van der Waals surface area (Å²) in [5.41, 5.74) is 6.48. The van der Waals surface area contributed by atoms with E-state index in [0.717, 1.165) is 12.0 Å². The van der Waals surface area contributed by atoms with Gasteiger partial charge in [0.15, 0.2) is 0 Å². The zero-order valence-corrected chi connectivity index (χ0v) is 10.2. The quantitative estimate of drug-likeness (QED) is 0.861. The van der Waals surface area contributed by atoms with E-state index in [1.165, 1.54) is 0 Å². The predicted octanol–water partition coefficient (Wildman–Crippen LogP) is 1.72. The minimum absolute atomic E-state index is 0.0989. The molecule has 3 nitrogen and oxygen atoms in total. The lowest BCUT2D eigenvalue weighted by Gasteiger charge is -2.06. The molecule has 2 N–H and O–H groups in total. The number of nitrogens with two attached hydrogens (primary N) is 1. The molecule has 0 saturated carbocycles. The Kier molecular flexibility index (Phi) is 5.22. The molecule has 2 atom stereocenters. The molecule has 5 heteroatoms. The second-order valence-corrected chi connectivity index (χ2v) is 5.51. The van der Waals surface area contributed by atoms with Crippen LogP contribution in [0.1, 0.15) is 18.9 Å². The Morgan fingerprint density at radius 3 is 3.00 bits per heavy atom. The molecular weight excluding hydrogens is 232 g/mol. The molecule has 1 rings (SSSR count). The van der Waals surface area contributed by atoms with E-state index < -0.39 is 10.8 Å². The van der Waals surface area contributed by atoms with E-state index in [2.05, 4.69) is 4.98 Å². The standard InChI is InChI=1S/C10H15ClN2OS/c1-8(12)3-5-15(14)7-9-2-4-13-6-10(9)11/h2,4,6,8H,3,5,7,12H2,1H3. The van der Waals surface area contributed by atoms with Gasteiger partial charge in [0.05, 0.1) is 10.8 Å². The smallest absolute Gasteiger partial charge is 0.0630 e. The molecule has 1 aromatic rings. The fraction of sp³-hybridized carbons (Fsp3) is 0.500. The highest BCUT2D eigenvalue weighted by atomic mass is 35.5. The van der Waals surface area contributed by atoms with E-state index in [-0.39, 0.29) is 6.04 Å². The number of nitrogens with zero attached hydrogens (tertiary/aromatic N) is 1. The van der Waals surface area contributed by atoms with E-state index in [0.29, 0.717) is 16.5 Å². The fourth-order valence-electron chi connectivity index (χ4n) is 1.08. The van der Waals surface area contributed by atoms with Crippen molar-refractivity contribution in [3.63, 3.8) is 0 Å². The summed E-state index contributed by atoms with van der Waals surface area (Å²) in [6.45, 7) is 1.91. The summed E-state index contributed by atoms with van der Waals surface area (Å²) in [7, 11) is -0.894. The molecule has 15 heavy (non-hydrogen) atoms. The molecule has 0 saturated heterocycles. The normalized spacial score (nSPS) is 14.9. The van der Waals surface area contributed by atoms with E-state index in [1.807, 2.05) is 6.92 Å². The number of pyridine rings is 1. The first kappa shape index (κ1) is 12.6. The molecule has 0 bridgehead atoms. The maximum Gasteiger partial charge on any atom is 0.0630 e. The SMILES string of the molecule is CC(N)CCS(=O)Cc1ccncc1Cl. The van der Waals surface area contributed by atoms with Crippen LogP contribution in [0.5, 0.6) is 0 Å². The molecule has 2 unspecified atom stereocenters. The number of hydrogen-bond donors (Lipinski definition) is 1. The molecule has 1 heterocycles. The lowest BCUT2D eigenvalue weighted by atomic mass is 10.3. The Bertz CT molecular complexity index is 344. The molecule has 84 valence electrons. The summed E-state index contributed by atoms with van der Waals surface area (Å²) < 4.78 is 11.6. The summed E-state index contributed by atoms with van der Waals surface area (Å²) in [5.74, 6) is 1.10. The summed E-state index contributed by atoms with van der Waals surface area (Å²) in [6.07, 6.45) is 4.00. The molecule has 0 aromatic carbocycles. The van der Waals surface area contributed by atoms with Crippen molar-refractivity contribution < 1.29 is 4.21 Å². The van der Waals surface area contributed by atoms with Gasteiger partial charge in [0.25, 0.3) is 0 Å². The van der Waals surface area contributed by atoms with Gasteiger partial charge in [0.2, 0.25) is 0 Å². The van der Waals surface area contributed by atoms with Crippen molar-refractivity contribution in [1.29, 1.82) is 0 Å². The van der Waals surface area contributed by atoms with Crippen LogP contribution < -0.4 is 5.73 Å². The third kappa shape index (κ3) is 4.73. The fourth-order valence-corrected chi connectivity index (χ4v) is 2.73. The first-order valence-corrected chi connectivity index (χ1v) is 6.65. The molecule has 0 radical (unpaired) electrons. The number of halogens is 1. The average molecular weight is 247 g/mol. The van der Waals surface area contributed by atoms with Gasteiger partial charge in [0.1, 0.15) is 0 Å². The van der Waals surface area contributed by atoms with Crippen molar-refractivity contribution in [1.82, 2.24) is 4.98 Å². The van der Waals surface area contributed by atoms with Gasteiger partial charge in [-0.1, -0.05) is 11.6 Å². The zero-order chi connectivity index (χ0) is 11.3. The van der Waals surface area contributed by atoms with Crippen LogP contribution in [0.2, 0.25) is 5.02 Å². The van der Waals surface area contributed by atoms with Crippen molar-refractivity contribution >= 4 is 22.4 Å². The molecule has 1 aromatic heterocycles. The predicted molar refractivity (Wildman–Crippen MR) is 64.2 cm³/mol. The van der Waals surface area contributed by atoms with Gasteiger partial charge < -0.3 is 5.73 Å². The number of hydrogen-bond acceptors (Lipinski definition) is 3. The minimum Gasteiger partial charge on any atom is -0.328 e. The van der Waals surface area contributed by atoms with Crippen molar-refractivity contribution in [3.8, 4) is 0 Å². The van der Waals surface area contributed by atoms with Crippen LogP contribution in [-0.4, -0.2) is 21.0 Å². The topological polar surface area (TPSA) is 56.0 Å². The Balaban J connectivity index is 2.48. The van der Waals surface area contributed by atoms with Crippen LogP contribution in [-0.2, 0) is 16.6 Å². The van der Waals surface area contributed by atoms with Crippen LogP contribution in [0.4, 0.5) is 0 Å². The van der Waals surface area contributed by atoms with E-state index in [1.54, 1.807) is 18.5 Å². The van der Waals surface area contributed by atoms with Crippen molar-refractivity contribution in [2.75, 3.05) is 5.75 Å². The summed E-state index contributed by atoms with van der Waals surface area (Å²) in [5, 5.41) is 0.576. The Labute approximate surface area is 97.5 Å². The minimum atomic E-state index is -0.894. The molecule has 0 aliphatic rings. The van der Waals surface area contributed by atoms with Gasteiger partial charge in [-0.3, -0.25) is 9.19 Å². The van der Waals surface area contributed by atoms with Gasteiger partial charge >= 0.3 is 0 Å². The Morgan fingerprint density at radius 2 is 2.40 bits per heavy atom. The number of aromatic nitrogens is 1. The summed E-state index contributed by atoms with van der Waals surface area (Å²) in [6, 6.07) is 1.90. The van der Waals surface area contributed by atoms with Crippen LogP contribution in [0.15, 0.2) is 18.5 Å². The molecule has 0 fully saturated rings. The lowest BCUT2D eigenvalue weighted by molar-refractivity contribution is 0.667. The highest BCUT2D eigenvalue weighted by Crippen LogP contribution is 2.15. The van der Waals surface area contributed by atoms with Crippen LogP contribution >= 0.6 is 11.6 Å². The third-order valence-electron chi connectivity index (χ3n) is 1.97. The summed E-state index contributed by atoms with van der Waals surface area (Å²) >= 11 is 5.91. The Hall–Kier alpha value is -0.450. The second kappa shape index (κ2) is 6.20. The molecular formula is C10H15ClN2OS. The molecule has 0 aliphatic heterocycles. The highest BCUT2D eigenvalue weighted by Gasteiger charge is 2.06. The van der Waals surface area contributed by atoms with Gasteiger partial charge in [-0.05, 0) is 25.0 Å². The molecule has 0 aliphatic carbocycles. The van der Waals surface area contributed by atoms with Crippen LogP contribution in [0, 0.1) is 0 Å². The zero-order valence-electron chi connectivity index (χ0n) is 8.65. The van der Waals surface area contributed by atoms with E-state index >= 15 is 0 Å². The van der Waals surface area contributed by atoms with E-state index in [4.69, 9.17) is 17.3 Å². The average Bonchev–Trinajstić information content (AvgIpc) is 2.18. The van der Waals surface area contributed by atoms with Crippen LogP contribution in [0.25, 0.3) is 0 Å². The molecule has 0 spiro atoms. The van der Waals surface area contributed by atoms with Crippen LogP contribution in [0.3, 0.4) is 0 Å². The van der Waals surface area contributed by atoms with Crippen molar-refractivity contribution in [3.05, 3.63) is 29.0 Å². The largest absolute Gasteiger partial charge is 0.328 e. The van der Waals surface area contributed by atoms with Crippen molar-refractivity contribution in [2.24, 2.45) is 5.73 Å². The first-order chi connectivity index (χ1) is 7.09. The van der Waals surface area contributed by atoms with Crippen molar-refractivity contribution in [2.45, 2.75) is 25.1 Å². The van der Waals surface area contributed by atoms with Gasteiger partial charge in [-0.25, -0.2) is 0 Å². The lowest BCUT2D eigenvalue weighted by Crippen LogP contribution is -2.18.